The van der Waals surface area contributed by atoms with E-state index >= 15 is 0 Å². The zero-order valence-electron chi connectivity index (χ0n) is 18.7. The van der Waals surface area contributed by atoms with Crippen LogP contribution < -0.4 is 14.8 Å². The summed E-state index contributed by atoms with van der Waals surface area (Å²) in [5.74, 6) is 1.41. The number of likely N-dealkylation sites (tertiary alicyclic amines) is 1. The largest absolute Gasteiger partial charge is 0.492 e. The summed E-state index contributed by atoms with van der Waals surface area (Å²) in [6.45, 7) is 5.46. The van der Waals surface area contributed by atoms with E-state index in [2.05, 4.69) is 9.71 Å². The molecule has 2 aromatic rings. The summed E-state index contributed by atoms with van der Waals surface area (Å²) in [6.07, 6.45) is 2.39. The summed E-state index contributed by atoms with van der Waals surface area (Å²) >= 11 is 0. The predicted molar refractivity (Wildman–Crippen MR) is 124 cm³/mol. The van der Waals surface area contributed by atoms with Gasteiger partial charge in [0.1, 0.15) is 22.5 Å². The molecular formula is C24H27N3O5S. The maximum atomic E-state index is 13.2. The van der Waals surface area contributed by atoms with E-state index in [-0.39, 0.29) is 22.8 Å². The molecular weight excluding hydrogens is 442 g/mol. The molecule has 3 heterocycles. The molecule has 0 spiro atoms. The molecule has 0 bridgehead atoms. The number of amidine groups is 1. The molecule has 0 radical (unpaired) electrons. The number of hydrogen-bond acceptors (Lipinski definition) is 6. The second kappa shape index (κ2) is 8.37. The fraction of sp³-hybridized carbons (Fsp3) is 0.417. The Morgan fingerprint density at radius 1 is 1.30 bits per heavy atom. The lowest BCUT2D eigenvalue weighted by molar-refractivity contribution is -0.121. The molecule has 5 rings (SSSR count). The van der Waals surface area contributed by atoms with E-state index in [0.29, 0.717) is 49.0 Å². The number of nitrogens with zero attached hydrogens (tertiary/aromatic N) is 2. The van der Waals surface area contributed by atoms with Crippen LogP contribution in [-0.4, -0.2) is 50.9 Å². The lowest BCUT2D eigenvalue weighted by atomic mass is 9.96. The van der Waals surface area contributed by atoms with Crippen molar-refractivity contribution in [1.82, 2.24) is 4.90 Å². The maximum Gasteiger partial charge on any atom is 0.285 e. The van der Waals surface area contributed by atoms with Gasteiger partial charge in [-0.2, -0.15) is 8.42 Å². The van der Waals surface area contributed by atoms with Crippen LogP contribution in [0, 0.1) is 5.92 Å². The highest BCUT2D eigenvalue weighted by molar-refractivity contribution is 7.90. The molecule has 2 unspecified atom stereocenters. The third-order valence-electron chi connectivity index (χ3n) is 6.26. The minimum Gasteiger partial charge on any atom is -0.492 e. The SMILES string of the molecule is CCOc1cc2c(cc1NC(=O)C1CCCN(C3=NS(=O)(=O)c4ccccc43)C1)OC(C)C2. The second-order valence-corrected chi connectivity index (χ2v) is 10.3. The molecule has 1 N–H and O–H groups in total. The van der Waals surface area contributed by atoms with Gasteiger partial charge in [-0.15, -0.1) is 4.40 Å². The quantitative estimate of drug-likeness (QED) is 0.739. The number of ether oxygens (including phenoxy) is 2. The first-order valence-corrected chi connectivity index (χ1v) is 12.8. The van der Waals surface area contributed by atoms with E-state index in [0.717, 1.165) is 24.2 Å². The first-order valence-electron chi connectivity index (χ1n) is 11.3. The summed E-state index contributed by atoms with van der Waals surface area (Å²) < 4.78 is 40.6. The van der Waals surface area contributed by atoms with Gasteiger partial charge in [-0.25, -0.2) is 0 Å². The number of hydrogen-bond donors (Lipinski definition) is 1. The molecule has 174 valence electrons. The molecule has 1 fully saturated rings. The third-order valence-corrected chi connectivity index (χ3v) is 7.59. The van der Waals surface area contributed by atoms with Crippen molar-refractivity contribution < 1.29 is 22.7 Å². The average Bonchev–Trinajstić information content (AvgIpc) is 3.29. The number of rotatable bonds is 4. The van der Waals surface area contributed by atoms with Crippen LogP contribution in [0.2, 0.25) is 0 Å². The van der Waals surface area contributed by atoms with E-state index in [4.69, 9.17) is 9.47 Å². The van der Waals surface area contributed by atoms with Gasteiger partial charge in [-0.05, 0) is 44.9 Å². The van der Waals surface area contributed by atoms with Crippen LogP contribution in [0.5, 0.6) is 11.5 Å². The summed E-state index contributed by atoms with van der Waals surface area (Å²) in [5, 5.41) is 3.03. The summed E-state index contributed by atoms with van der Waals surface area (Å²) in [7, 11) is -3.70. The zero-order valence-corrected chi connectivity index (χ0v) is 19.5. The fourth-order valence-corrected chi connectivity index (χ4v) is 5.97. The molecule has 0 saturated carbocycles. The van der Waals surface area contributed by atoms with Crippen molar-refractivity contribution in [1.29, 1.82) is 0 Å². The molecule has 2 aromatic carbocycles. The van der Waals surface area contributed by atoms with Crippen molar-refractivity contribution in [2.75, 3.05) is 25.0 Å². The molecule has 8 nitrogen and oxygen atoms in total. The number of anilines is 1. The molecule has 1 saturated heterocycles. The highest BCUT2D eigenvalue weighted by Gasteiger charge is 2.35. The standard InChI is InChI=1S/C24H27N3O5S/c1-3-31-21-12-17-11-15(2)32-20(17)13-19(21)25-24(28)16-7-6-10-27(14-16)23-18-8-4-5-9-22(18)33(29,30)26-23/h4-5,8-9,12-13,15-16H,3,6-7,10-11,14H2,1-2H3,(H,25,28). The topological polar surface area (TPSA) is 97.3 Å². The number of carbonyl (C=O) groups excluding carboxylic acids is 1. The Hall–Kier alpha value is -3.07. The van der Waals surface area contributed by atoms with Gasteiger partial charge >= 0.3 is 0 Å². The number of nitrogens with one attached hydrogen (secondary N) is 1. The van der Waals surface area contributed by atoms with Gasteiger partial charge in [-0.1, -0.05) is 12.1 Å². The van der Waals surface area contributed by atoms with Crippen molar-refractivity contribution in [2.24, 2.45) is 10.3 Å². The van der Waals surface area contributed by atoms with Crippen LogP contribution in [-0.2, 0) is 21.2 Å². The monoisotopic (exact) mass is 469 g/mol. The van der Waals surface area contributed by atoms with Crippen molar-refractivity contribution in [2.45, 2.75) is 44.1 Å². The first-order chi connectivity index (χ1) is 15.9. The van der Waals surface area contributed by atoms with Crippen LogP contribution in [0.1, 0.15) is 37.8 Å². The highest BCUT2D eigenvalue weighted by Crippen LogP contribution is 2.38. The van der Waals surface area contributed by atoms with Crippen LogP contribution in [0.25, 0.3) is 0 Å². The number of sulfonamides is 1. The molecule has 1 amide bonds. The minimum atomic E-state index is -3.70. The lowest BCUT2D eigenvalue weighted by Gasteiger charge is -2.33. The molecule has 2 atom stereocenters. The van der Waals surface area contributed by atoms with E-state index < -0.39 is 10.0 Å². The normalized spacial score (nSPS) is 22.7. The Morgan fingerprint density at radius 3 is 2.94 bits per heavy atom. The van der Waals surface area contributed by atoms with Gasteiger partial charge in [0, 0.05) is 36.7 Å². The molecule has 3 aliphatic heterocycles. The zero-order chi connectivity index (χ0) is 23.2. The number of amides is 1. The second-order valence-electron chi connectivity index (χ2n) is 8.68. The number of benzene rings is 2. The van der Waals surface area contributed by atoms with Gasteiger partial charge in [0.15, 0.2) is 5.84 Å². The molecule has 0 aromatic heterocycles. The van der Waals surface area contributed by atoms with Crippen molar-refractivity contribution in [3.8, 4) is 11.5 Å². The smallest absolute Gasteiger partial charge is 0.285 e. The fourth-order valence-electron chi connectivity index (χ4n) is 4.75. The van der Waals surface area contributed by atoms with Crippen molar-refractivity contribution in [3.05, 3.63) is 47.5 Å². The Morgan fingerprint density at radius 2 is 2.12 bits per heavy atom. The lowest BCUT2D eigenvalue weighted by Crippen LogP contribution is -2.43. The van der Waals surface area contributed by atoms with Gasteiger partial charge in [0.2, 0.25) is 5.91 Å². The van der Waals surface area contributed by atoms with Crippen LogP contribution in [0.3, 0.4) is 0 Å². The van der Waals surface area contributed by atoms with Crippen molar-refractivity contribution in [3.63, 3.8) is 0 Å². The van der Waals surface area contributed by atoms with E-state index in [1.54, 1.807) is 24.3 Å². The number of fused-ring (bicyclic) bond motifs is 2. The summed E-state index contributed by atoms with van der Waals surface area (Å²) in [6, 6.07) is 10.6. The van der Waals surface area contributed by atoms with E-state index in [1.807, 2.05) is 30.9 Å². The Bertz CT molecular complexity index is 1240. The average molecular weight is 470 g/mol. The van der Waals surface area contributed by atoms with Gasteiger partial charge < -0.3 is 19.7 Å². The predicted octanol–water partition coefficient (Wildman–Crippen LogP) is 3.21. The van der Waals surface area contributed by atoms with Gasteiger partial charge in [0.25, 0.3) is 10.0 Å². The first kappa shape index (κ1) is 21.8. The Kier molecular flexibility index (Phi) is 5.52. The van der Waals surface area contributed by atoms with Gasteiger partial charge in [-0.3, -0.25) is 4.79 Å². The van der Waals surface area contributed by atoms with E-state index in [9.17, 15) is 13.2 Å². The third kappa shape index (κ3) is 4.06. The van der Waals surface area contributed by atoms with E-state index in [1.165, 1.54) is 0 Å². The molecule has 33 heavy (non-hydrogen) atoms. The highest BCUT2D eigenvalue weighted by atomic mass is 32.2. The van der Waals surface area contributed by atoms with Crippen molar-refractivity contribution >= 4 is 27.5 Å². The maximum absolute atomic E-state index is 13.2. The minimum absolute atomic E-state index is 0.0960. The molecule has 0 aliphatic carbocycles. The Labute approximate surface area is 193 Å². The Balaban J connectivity index is 1.35. The summed E-state index contributed by atoms with van der Waals surface area (Å²) in [5.41, 5.74) is 2.27. The molecule has 9 heteroatoms. The van der Waals surface area contributed by atoms with Crippen LogP contribution in [0.4, 0.5) is 5.69 Å². The summed E-state index contributed by atoms with van der Waals surface area (Å²) in [4.78, 5) is 15.4. The number of piperidine rings is 1. The van der Waals surface area contributed by atoms with Crippen LogP contribution in [0.15, 0.2) is 45.7 Å². The van der Waals surface area contributed by atoms with Gasteiger partial charge in [0.05, 0.1) is 18.2 Å². The molecule has 3 aliphatic rings. The number of carbonyl (C=O) groups is 1. The van der Waals surface area contributed by atoms with Crippen LogP contribution >= 0.6 is 0 Å².